The smallest absolute Gasteiger partial charge is 0.246 e. The van der Waals surface area contributed by atoms with Crippen LogP contribution in [0.5, 0.6) is 0 Å². The fourth-order valence-corrected chi connectivity index (χ4v) is 4.72. The highest BCUT2D eigenvalue weighted by molar-refractivity contribution is 7.89. The summed E-state index contributed by atoms with van der Waals surface area (Å²) in [6.45, 7) is 3.10. The Morgan fingerprint density at radius 1 is 1.03 bits per heavy atom. The number of amides is 1. The van der Waals surface area contributed by atoms with Crippen molar-refractivity contribution in [2.45, 2.75) is 24.4 Å². The Morgan fingerprint density at radius 3 is 2.28 bits per heavy atom. The average molecular weight is 423 g/mol. The molecule has 1 N–H and O–H groups in total. The molecule has 1 amide bonds. The van der Waals surface area contributed by atoms with Crippen LogP contribution in [0.1, 0.15) is 12.5 Å². The van der Waals surface area contributed by atoms with E-state index in [0.717, 1.165) is 11.6 Å². The topological polar surface area (TPSA) is 69.7 Å². The Kier molecular flexibility index (Phi) is 6.61. The number of nitrogens with one attached hydrogen (secondary N) is 1. The largest absolute Gasteiger partial charge is 0.351 e. The van der Waals surface area contributed by atoms with E-state index < -0.39 is 21.9 Å². The Labute approximate surface area is 169 Å². The van der Waals surface area contributed by atoms with Gasteiger partial charge in [0.05, 0.1) is 6.04 Å². The van der Waals surface area contributed by atoms with Gasteiger partial charge in [-0.05, 0) is 36.8 Å². The summed E-state index contributed by atoms with van der Waals surface area (Å²) in [5.41, 5.74) is 0.785. The Balaban J connectivity index is 1.55. The van der Waals surface area contributed by atoms with E-state index in [1.54, 1.807) is 19.1 Å². The minimum Gasteiger partial charge on any atom is -0.351 e. The van der Waals surface area contributed by atoms with Crippen molar-refractivity contribution in [3.8, 4) is 0 Å². The maximum absolute atomic E-state index is 13.9. The van der Waals surface area contributed by atoms with E-state index >= 15 is 0 Å². The second kappa shape index (κ2) is 8.98. The van der Waals surface area contributed by atoms with Crippen molar-refractivity contribution >= 4 is 15.9 Å². The lowest BCUT2D eigenvalue weighted by molar-refractivity contribution is -0.126. The number of nitrogens with zero attached hydrogens (tertiary/aromatic N) is 2. The summed E-state index contributed by atoms with van der Waals surface area (Å²) in [7, 11) is -3.91. The molecule has 0 bridgehead atoms. The lowest BCUT2D eigenvalue weighted by atomic mass is 10.2. The Morgan fingerprint density at radius 2 is 1.66 bits per heavy atom. The first kappa shape index (κ1) is 21.4. The maximum atomic E-state index is 13.9. The highest BCUT2D eigenvalue weighted by Gasteiger charge is 2.33. The summed E-state index contributed by atoms with van der Waals surface area (Å²) in [6, 6.07) is 10.7. The molecule has 2 aromatic carbocycles. The van der Waals surface area contributed by atoms with Crippen molar-refractivity contribution in [2.75, 3.05) is 26.2 Å². The molecule has 1 heterocycles. The average Bonchev–Trinajstić information content (AvgIpc) is 2.73. The zero-order valence-electron chi connectivity index (χ0n) is 16.0. The predicted molar refractivity (Wildman–Crippen MR) is 104 cm³/mol. The van der Waals surface area contributed by atoms with Crippen LogP contribution in [-0.2, 0) is 21.4 Å². The first-order valence-electron chi connectivity index (χ1n) is 9.30. The van der Waals surface area contributed by atoms with Gasteiger partial charge in [0.2, 0.25) is 15.9 Å². The van der Waals surface area contributed by atoms with Gasteiger partial charge in [-0.25, -0.2) is 17.2 Å². The molecular weight excluding hydrogens is 400 g/mol. The summed E-state index contributed by atoms with van der Waals surface area (Å²) in [4.78, 5) is 14.0. The second-order valence-corrected chi connectivity index (χ2v) is 8.80. The van der Waals surface area contributed by atoms with Gasteiger partial charge in [-0.15, -0.1) is 0 Å². The molecule has 6 nitrogen and oxygen atoms in total. The normalized spacial score (nSPS) is 17.1. The van der Waals surface area contributed by atoms with Crippen LogP contribution in [0.25, 0.3) is 0 Å². The molecule has 3 rings (SSSR count). The van der Waals surface area contributed by atoms with Gasteiger partial charge in [-0.1, -0.05) is 24.3 Å². The van der Waals surface area contributed by atoms with Gasteiger partial charge in [0.1, 0.15) is 16.5 Å². The van der Waals surface area contributed by atoms with Crippen molar-refractivity contribution in [1.82, 2.24) is 14.5 Å². The molecule has 0 aliphatic carbocycles. The molecule has 1 aliphatic heterocycles. The lowest BCUT2D eigenvalue weighted by Crippen LogP contribution is -2.54. The fraction of sp³-hybridized carbons (Fsp3) is 0.350. The van der Waals surface area contributed by atoms with E-state index in [1.165, 1.54) is 34.6 Å². The number of carbonyl (C=O) groups excluding carboxylic acids is 1. The van der Waals surface area contributed by atoms with Crippen molar-refractivity contribution < 1.29 is 22.0 Å². The van der Waals surface area contributed by atoms with Crippen LogP contribution in [0.3, 0.4) is 0 Å². The van der Waals surface area contributed by atoms with Crippen LogP contribution in [0, 0.1) is 11.6 Å². The molecule has 29 heavy (non-hydrogen) atoms. The minimum absolute atomic E-state index is 0.173. The van der Waals surface area contributed by atoms with E-state index in [4.69, 9.17) is 0 Å². The molecule has 1 atom stereocenters. The fourth-order valence-electron chi connectivity index (χ4n) is 3.23. The van der Waals surface area contributed by atoms with E-state index in [9.17, 15) is 22.0 Å². The predicted octanol–water partition coefficient (Wildman–Crippen LogP) is 1.98. The molecule has 2 aromatic rings. The maximum Gasteiger partial charge on any atom is 0.246 e. The van der Waals surface area contributed by atoms with E-state index in [1.807, 2.05) is 4.90 Å². The number of sulfonamides is 1. The summed E-state index contributed by atoms with van der Waals surface area (Å²) in [5.74, 6) is -1.31. The summed E-state index contributed by atoms with van der Waals surface area (Å²) in [6.07, 6.45) is 0. The molecule has 1 saturated heterocycles. The first-order chi connectivity index (χ1) is 13.8. The third-order valence-corrected chi connectivity index (χ3v) is 6.97. The quantitative estimate of drug-likeness (QED) is 0.772. The zero-order valence-corrected chi connectivity index (χ0v) is 16.8. The molecule has 156 valence electrons. The van der Waals surface area contributed by atoms with Gasteiger partial charge < -0.3 is 5.32 Å². The van der Waals surface area contributed by atoms with Crippen molar-refractivity contribution in [1.29, 1.82) is 0 Å². The van der Waals surface area contributed by atoms with Gasteiger partial charge in [-0.2, -0.15) is 4.31 Å². The summed E-state index contributed by atoms with van der Waals surface area (Å²) in [5, 5.41) is 2.81. The molecule has 0 radical (unpaired) electrons. The molecule has 9 heteroatoms. The molecule has 0 spiro atoms. The van der Waals surface area contributed by atoms with Gasteiger partial charge in [0, 0.05) is 32.7 Å². The van der Waals surface area contributed by atoms with Crippen LogP contribution in [0.4, 0.5) is 8.78 Å². The highest BCUT2D eigenvalue weighted by atomic mass is 32.2. The molecule has 0 saturated carbocycles. The number of benzene rings is 2. The number of hydrogen-bond donors (Lipinski definition) is 1. The number of hydrogen-bond acceptors (Lipinski definition) is 4. The number of piperazine rings is 1. The number of carbonyl (C=O) groups is 1. The van der Waals surface area contributed by atoms with Crippen LogP contribution in [-0.4, -0.2) is 55.8 Å². The summed E-state index contributed by atoms with van der Waals surface area (Å²) < 4.78 is 53.4. The van der Waals surface area contributed by atoms with Gasteiger partial charge in [-0.3, -0.25) is 9.69 Å². The van der Waals surface area contributed by atoms with E-state index in [-0.39, 0.29) is 36.3 Å². The van der Waals surface area contributed by atoms with E-state index in [2.05, 4.69) is 5.32 Å². The third kappa shape index (κ3) is 4.98. The highest BCUT2D eigenvalue weighted by Crippen LogP contribution is 2.21. The van der Waals surface area contributed by atoms with Crippen molar-refractivity contribution in [3.63, 3.8) is 0 Å². The SMILES string of the molecule is CC(C(=O)NCc1ccc(F)cc1)N1CCN(S(=O)(=O)c2ccccc2F)CC1. The Bertz CT molecular complexity index is 959. The van der Waals surface area contributed by atoms with Crippen molar-refractivity contribution in [2.24, 2.45) is 0 Å². The van der Waals surface area contributed by atoms with Gasteiger partial charge in [0.25, 0.3) is 0 Å². The van der Waals surface area contributed by atoms with Crippen LogP contribution in [0.2, 0.25) is 0 Å². The van der Waals surface area contributed by atoms with Gasteiger partial charge in [0.15, 0.2) is 0 Å². The molecular formula is C20H23F2N3O3S. The Hall–Kier alpha value is -2.36. The standard InChI is InChI=1S/C20H23F2N3O3S/c1-15(20(26)23-14-16-6-8-17(21)9-7-16)24-10-12-25(13-11-24)29(27,28)19-5-3-2-4-18(19)22/h2-9,15H,10-14H2,1H3,(H,23,26). The zero-order chi connectivity index (χ0) is 21.0. The molecule has 1 fully saturated rings. The van der Waals surface area contributed by atoms with Crippen LogP contribution >= 0.6 is 0 Å². The third-order valence-electron chi connectivity index (χ3n) is 5.03. The van der Waals surface area contributed by atoms with Crippen molar-refractivity contribution in [3.05, 3.63) is 65.7 Å². The molecule has 0 aromatic heterocycles. The van der Waals surface area contributed by atoms with Gasteiger partial charge >= 0.3 is 0 Å². The first-order valence-corrected chi connectivity index (χ1v) is 10.7. The van der Waals surface area contributed by atoms with Crippen LogP contribution in [0.15, 0.2) is 53.4 Å². The summed E-state index contributed by atoms with van der Waals surface area (Å²) >= 11 is 0. The monoisotopic (exact) mass is 423 g/mol. The molecule has 1 aliphatic rings. The number of halogens is 2. The van der Waals surface area contributed by atoms with Crippen LogP contribution < -0.4 is 5.32 Å². The number of rotatable bonds is 6. The lowest BCUT2D eigenvalue weighted by Gasteiger charge is -2.36. The van der Waals surface area contributed by atoms with E-state index in [0.29, 0.717) is 13.1 Å². The molecule has 1 unspecified atom stereocenters. The second-order valence-electron chi connectivity index (χ2n) is 6.89. The minimum atomic E-state index is -3.91.